The van der Waals surface area contributed by atoms with E-state index in [-0.39, 0.29) is 10.9 Å². The number of nitrogens with zero attached hydrogens (tertiary/aromatic N) is 2. The Balaban J connectivity index is 1.74. The molecule has 1 aliphatic heterocycles. The Hall–Kier alpha value is -1.63. The van der Waals surface area contributed by atoms with Crippen LogP contribution < -0.4 is 9.62 Å². The lowest BCUT2D eigenvalue weighted by molar-refractivity contribution is 0.561. The molecular weight excluding hydrogens is 334 g/mol. The smallest absolute Gasteiger partial charge is 0.241 e. The molecule has 122 valence electrons. The van der Waals surface area contributed by atoms with Gasteiger partial charge in [0.15, 0.2) is 0 Å². The number of sulfonamides is 1. The molecule has 1 N–H and O–H groups in total. The number of hydrogen-bond acceptors (Lipinski definition) is 4. The third-order valence-electron chi connectivity index (χ3n) is 3.92. The second-order valence-electron chi connectivity index (χ2n) is 5.65. The predicted molar refractivity (Wildman–Crippen MR) is 91.4 cm³/mol. The molecule has 0 radical (unpaired) electrons. The van der Waals surface area contributed by atoms with Gasteiger partial charge in [-0.2, -0.15) is 0 Å². The molecule has 1 aromatic carbocycles. The van der Waals surface area contributed by atoms with Crippen LogP contribution in [0.5, 0.6) is 0 Å². The van der Waals surface area contributed by atoms with Crippen LogP contribution in [0.2, 0.25) is 5.02 Å². The van der Waals surface area contributed by atoms with Crippen LogP contribution in [0.15, 0.2) is 47.5 Å². The Morgan fingerprint density at radius 2 is 2.13 bits per heavy atom. The first kappa shape index (κ1) is 16.2. The van der Waals surface area contributed by atoms with E-state index in [4.69, 9.17) is 11.6 Å². The highest BCUT2D eigenvalue weighted by atomic mass is 35.5. The molecule has 0 bridgehead atoms. The molecule has 0 saturated carbocycles. The summed E-state index contributed by atoms with van der Waals surface area (Å²) in [4.78, 5) is 6.63. The molecule has 0 spiro atoms. The lowest BCUT2D eigenvalue weighted by atomic mass is 10.2. The highest BCUT2D eigenvalue weighted by Gasteiger charge is 2.28. The van der Waals surface area contributed by atoms with E-state index in [1.807, 2.05) is 18.2 Å². The summed E-state index contributed by atoms with van der Waals surface area (Å²) >= 11 is 5.93. The summed E-state index contributed by atoms with van der Waals surface area (Å²) in [6, 6.07) is 10.5. The van der Waals surface area contributed by atoms with Crippen molar-refractivity contribution < 1.29 is 8.42 Å². The molecule has 2 aromatic rings. The summed E-state index contributed by atoms with van der Waals surface area (Å²) in [7, 11) is -3.58. The Kier molecular flexibility index (Phi) is 4.57. The van der Waals surface area contributed by atoms with Crippen LogP contribution in [0.25, 0.3) is 0 Å². The summed E-state index contributed by atoms with van der Waals surface area (Å²) in [5.74, 6) is 0.869. The number of aromatic nitrogens is 1. The highest BCUT2D eigenvalue weighted by Crippen LogP contribution is 2.22. The van der Waals surface area contributed by atoms with Crippen molar-refractivity contribution in [2.45, 2.75) is 24.3 Å². The fraction of sp³-hybridized carbons (Fsp3) is 0.312. The van der Waals surface area contributed by atoms with Gasteiger partial charge in [0.2, 0.25) is 10.0 Å². The maximum absolute atomic E-state index is 12.6. The number of anilines is 1. The minimum absolute atomic E-state index is 0.139. The van der Waals surface area contributed by atoms with Gasteiger partial charge in [-0.25, -0.2) is 18.1 Å². The van der Waals surface area contributed by atoms with Crippen LogP contribution in [-0.2, 0) is 10.0 Å². The van der Waals surface area contributed by atoms with Gasteiger partial charge in [-0.05, 0) is 43.2 Å². The first-order valence-corrected chi connectivity index (χ1v) is 9.26. The van der Waals surface area contributed by atoms with Crippen LogP contribution in [0, 0.1) is 6.92 Å². The molecule has 0 aliphatic carbocycles. The lowest BCUT2D eigenvalue weighted by Crippen LogP contribution is -2.37. The molecule has 2 heterocycles. The van der Waals surface area contributed by atoms with E-state index < -0.39 is 10.0 Å². The van der Waals surface area contributed by atoms with E-state index in [0.717, 1.165) is 18.8 Å². The summed E-state index contributed by atoms with van der Waals surface area (Å²) < 4.78 is 28.0. The van der Waals surface area contributed by atoms with E-state index in [1.54, 1.807) is 25.3 Å². The summed E-state index contributed by atoms with van der Waals surface area (Å²) in [6.45, 7) is 3.15. The molecule has 0 amide bonds. The quantitative estimate of drug-likeness (QED) is 0.919. The van der Waals surface area contributed by atoms with Crippen molar-refractivity contribution in [3.05, 3.63) is 53.2 Å². The van der Waals surface area contributed by atoms with E-state index in [0.29, 0.717) is 17.1 Å². The summed E-state index contributed by atoms with van der Waals surface area (Å²) in [5.41, 5.74) is 0.682. The standard InChI is InChI=1S/C16H18ClN3O2S/c1-12-5-6-13(17)10-15(12)23(21,22)19-14-7-9-20(11-14)16-4-2-3-8-18-16/h2-6,8,10,14,19H,7,9,11H2,1H3. The van der Waals surface area contributed by atoms with Crippen LogP contribution in [0.3, 0.4) is 0 Å². The average molecular weight is 352 g/mol. The van der Waals surface area contributed by atoms with Gasteiger partial charge in [-0.15, -0.1) is 0 Å². The fourth-order valence-corrected chi connectivity index (χ4v) is 4.52. The third-order valence-corrected chi connectivity index (χ3v) is 5.82. The second kappa shape index (κ2) is 6.47. The molecule has 7 heteroatoms. The zero-order valence-electron chi connectivity index (χ0n) is 12.7. The van der Waals surface area contributed by atoms with E-state index in [9.17, 15) is 8.42 Å². The topological polar surface area (TPSA) is 62.3 Å². The zero-order chi connectivity index (χ0) is 16.4. The van der Waals surface area contributed by atoms with E-state index in [2.05, 4.69) is 14.6 Å². The molecule has 1 aliphatic rings. The van der Waals surface area contributed by atoms with Crippen LogP contribution in [0.4, 0.5) is 5.82 Å². The summed E-state index contributed by atoms with van der Waals surface area (Å²) in [5, 5.41) is 0.414. The minimum atomic E-state index is -3.58. The van der Waals surface area contributed by atoms with E-state index in [1.165, 1.54) is 6.07 Å². The summed E-state index contributed by atoms with van der Waals surface area (Å²) in [6.07, 6.45) is 2.48. The fourth-order valence-electron chi connectivity index (χ4n) is 2.75. The van der Waals surface area contributed by atoms with E-state index >= 15 is 0 Å². The Morgan fingerprint density at radius 1 is 1.30 bits per heavy atom. The van der Waals surface area contributed by atoms with Gasteiger partial charge in [0.1, 0.15) is 5.82 Å². The Labute approximate surface area is 141 Å². The maximum atomic E-state index is 12.6. The molecular formula is C16H18ClN3O2S. The first-order chi connectivity index (χ1) is 11.0. The third kappa shape index (κ3) is 3.65. The van der Waals surface area contributed by atoms with Gasteiger partial charge >= 0.3 is 0 Å². The van der Waals surface area contributed by atoms with Crippen LogP contribution in [0.1, 0.15) is 12.0 Å². The maximum Gasteiger partial charge on any atom is 0.241 e. The second-order valence-corrected chi connectivity index (χ2v) is 7.77. The number of rotatable bonds is 4. The van der Waals surface area contributed by atoms with Gasteiger partial charge < -0.3 is 4.90 Å². The normalized spacial score (nSPS) is 18.3. The molecule has 1 unspecified atom stereocenters. The molecule has 5 nitrogen and oxygen atoms in total. The van der Waals surface area contributed by atoms with Gasteiger partial charge in [0.05, 0.1) is 4.90 Å². The molecule has 1 atom stereocenters. The van der Waals surface area contributed by atoms with Crippen molar-refractivity contribution in [1.29, 1.82) is 0 Å². The molecule has 1 saturated heterocycles. The molecule has 3 rings (SSSR count). The molecule has 1 fully saturated rings. The molecule has 1 aromatic heterocycles. The van der Waals surface area contributed by atoms with Crippen molar-refractivity contribution in [3.8, 4) is 0 Å². The first-order valence-electron chi connectivity index (χ1n) is 7.40. The van der Waals surface area contributed by atoms with Crippen molar-refractivity contribution >= 4 is 27.4 Å². The number of nitrogens with one attached hydrogen (secondary N) is 1. The van der Waals surface area contributed by atoms with Gasteiger partial charge in [-0.1, -0.05) is 23.7 Å². The predicted octanol–water partition coefficient (Wildman–Crippen LogP) is 2.60. The lowest BCUT2D eigenvalue weighted by Gasteiger charge is -2.18. The number of aryl methyl sites for hydroxylation is 1. The largest absolute Gasteiger partial charge is 0.355 e. The Bertz CT molecular complexity index is 796. The number of halogens is 1. The van der Waals surface area contributed by atoms with Crippen molar-refractivity contribution in [3.63, 3.8) is 0 Å². The minimum Gasteiger partial charge on any atom is -0.355 e. The highest BCUT2D eigenvalue weighted by molar-refractivity contribution is 7.89. The number of pyridine rings is 1. The van der Waals surface area contributed by atoms with Crippen molar-refractivity contribution in [1.82, 2.24) is 9.71 Å². The zero-order valence-corrected chi connectivity index (χ0v) is 14.3. The van der Waals surface area contributed by atoms with Gasteiger partial charge in [0.25, 0.3) is 0 Å². The van der Waals surface area contributed by atoms with Crippen LogP contribution >= 0.6 is 11.6 Å². The average Bonchev–Trinajstić information content (AvgIpc) is 2.98. The monoisotopic (exact) mass is 351 g/mol. The Morgan fingerprint density at radius 3 is 2.87 bits per heavy atom. The number of hydrogen-bond donors (Lipinski definition) is 1. The van der Waals surface area contributed by atoms with Crippen molar-refractivity contribution in [2.75, 3.05) is 18.0 Å². The molecule has 23 heavy (non-hydrogen) atoms. The van der Waals surface area contributed by atoms with Crippen molar-refractivity contribution in [2.24, 2.45) is 0 Å². The SMILES string of the molecule is Cc1ccc(Cl)cc1S(=O)(=O)NC1CCN(c2ccccn2)C1. The van der Waals surface area contributed by atoms with Gasteiger partial charge in [-0.3, -0.25) is 0 Å². The van der Waals surface area contributed by atoms with Crippen LogP contribution in [-0.4, -0.2) is 32.5 Å². The van der Waals surface area contributed by atoms with Gasteiger partial charge in [0, 0.05) is 30.4 Å². The number of benzene rings is 1.